The molecule has 0 saturated carbocycles. The summed E-state index contributed by atoms with van der Waals surface area (Å²) in [4.78, 5) is 18.2. The Morgan fingerprint density at radius 1 is 0.912 bits per heavy atom. The van der Waals surface area contributed by atoms with Crippen molar-refractivity contribution >= 4 is 18.8 Å². The van der Waals surface area contributed by atoms with Crippen molar-refractivity contribution in [2.24, 2.45) is 4.99 Å². The molecule has 0 N–H and O–H groups in total. The van der Waals surface area contributed by atoms with Gasteiger partial charge in [0, 0.05) is 11.1 Å². The quantitative estimate of drug-likeness (QED) is 0.185. The molecule has 1 aliphatic rings. The molecule has 1 heterocycles. The predicted octanol–water partition coefficient (Wildman–Crippen LogP) is 6.11. The zero-order valence-corrected chi connectivity index (χ0v) is 21.5. The summed E-state index contributed by atoms with van der Waals surface area (Å²) < 4.78 is 17.7. The molecule has 1 aliphatic heterocycles. The van der Waals surface area contributed by atoms with Crippen molar-refractivity contribution in [2.45, 2.75) is 83.9 Å². The first-order valence-corrected chi connectivity index (χ1v) is 12.3. The average molecular weight is 463 g/mol. The second-order valence-electron chi connectivity index (χ2n) is 10.1. The molecule has 34 heavy (non-hydrogen) atoms. The van der Waals surface area contributed by atoms with Crippen LogP contribution >= 0.6 is 0 Å². The number of rotatable bonds is 10. The highest BCUT2D eigenvalue weighted by molar-refractivity contribution is 6.45. The van der Waals surface area contributed by atoms with Gasteiger partial charge in [-0.1, -0.05) is 73.5 Å². The summed E-state index contributed by atoms with van der Waals surface area (Å²) in [5, 5.41) is 0. The molecule has 3 rings (SSSR count). The number of carbonyl (C=O) groups is 1. The van der Waals surface area contributed by atoms with E-state index in [2.05, 4.69) is 27.7 Å². The van der Waals surface area contributed by atoms with Crippen LogP contribution in [0.3, 0.4) is 0 Å². The van der Waals surface area contributed by atoms with Crippen LogP contribution in [0.25, 0.3) is 0 Å². The number of aliphatic imine (C=N–C) groups is 1. The van der Waals surface area contributed by atoms with Crippen LogP contribution in [-0.4, -0.2) is 42.1 Å². The van der Waals surface area contributed by atoms with Crippen LogP contribution in [0.5, 0.6) is 0 Å². The Morgan fingerprint density at radius 2 is 1.41 bits per heavy atom. The minimum Gasteiger partial charge on any atom is -0.464 e. The Hall–Kier alpha value is -2.44. The van der Waals surface area contributed by atoms with Crippen LogP contribution in [0, 0.1) is 0 Å². The molecule has 5 nitrogen and oxygen atoms in total. The zero-order chi connectivity index (χ0) is 24.8. The van der Waals surface area contributed by atoms with E-state index in [0.717, 1.165) is 36.0 Å². The van der Waals surface area contributed by atoms with E-state index >= 15 is 0 Å². The molecule has 2 aromatic rings. The second kappa shape index (κ2) is 10.9. The summed E-state index contributed by atoms with van der Waals surface area (Å²) >= 11 is 0. The lowest BCUT2D eigenvalue weighted by Gasteiger charge is -2.32. The van der Waals surface area contributed by atoms with Gasteiger partial charge in [-0.25, -0.2) is 4.79 Å². The van der Waals surface area contributed by atoms with Crippen molar-refractivity contribution in [3.05, 3.63) is 71.8 Å². The molecule has 1 saturated heterocycles. The summed E-state index contributed by atoms with van der Waals surface area (Å²) in [6.45, 7) is 12.3. The zero-order valence-electron chi connectivity index (χ0n) is 21.5. The highest BCUT2D eigenvalue weighted by Gasteiger charge is 2.50. The molecule has 0 radical (unpaired) electrons. The molecule has 1 unspecified atom stereocenters. The third kappa shape index (κ3) is 6.16. The first-order valence-electron chi connectivity index (χ1n) is 12.3. The number of benzene rings is 2. The van der Waals surface area contributed by atoms with Crippen molar-refractivity contribution in [2.75, 3.05) is 6.61 Å². The van der Waals surface area contributed by atoms with E-state index in [-0.39, 0.29) is 24.3 Å². The van der Waals surface area contributed by atoms with Gasteiger partial charge >= 0.3 is 13.1 Å². The molecular formula is C28H38BNO4. The van der Waals surface area contributed by atoms with Crippen molar-refractivity contribution in [3.8, 4) is 0 Å². The predicted molar refractivity (Wildman–Crippen MR) is 138 cm³/mol. The smallest absolute Gasteiger partial charge is 0.457 e. The summed E-state index contributed by atoms with van der Waals surface area (Å²) in [7, 11) is -0.230. The fraction of sp³-hybridized carbons (Fsp3) is 0.500. The van der Waals surface area contributed by atoms with Crippen molar-refractivity contribution in [1.29, 1.82) is 0 Å². The fourth-order valence-corrected chi connectivity index (χ4v) is 4.09. The van der Waals surface area contributed by atoms with Gasteiger partial charge in [-0.15, -0.1) is 0 Å². The summed E-state index contributed by atoms with van der Waals surface area (Å²) in [6.07, 6.45) is 3.03. The minimum absolute atomic E-state index is 0.230. The molecule has 1 fully saturated rings. The number of hydrogen-bond acceptors (Lipinski definition) is 5. The van der Waals surface area contributed by atoms with Crippen LogP contribution in [0.4, 0.5) is 0 Å². The normalized spacial score (nSPS) is 18.2. The van der Waals surface area contributed by atoms with Gasteiger partial charge in [-0.2, -0.15) is 0 Å². The molecule has 0 amide bonds. The molecular weight excluding hydrogens is 425 g/mol. The summed E-state index contributed by atoms with van der Waals surface area (Å²) in [5.74, 6) is -0.296. The van der Waals surface area contributed by atoms with Crippen LogP contribution in [0.2, 0.25) is 6.32 Å². The number of unbranched alkanes of at least 4 members (excludes halogenated alkanes) is 1. The number of ether oxygens (including phenoxy) is 1. The third-order valence-corrected chi connectivity index (χ3v) is 6.82. The summed E-state index contributed by atoms with van der Waals surface area (Å²) in [5.41, 5.74) is 1.08. The van der Waals surface area contributed by atoms with Gasteiger partial charge in [-0.05, 0) is 54.3 Å². The number of hydrogen-bond donors (Lipinski definition) is 0. The number of carbonyl (C=O) groups excluding carboxylic acids is 1. The lowest BCUT2D eigenvalue weighted by molar-refractivity contribution is -0.149. The molecule has 0 spiro atoms. The van der Waals surface area contributed by atoms with Crippen molar-refractivity contribution < 1.29 is 18.8 Å². The number of esters is 1. The minimum atomic E-state index is -0.993. The maximum atomic E-state index is 13.1. The molecule has 2 aromatic carbocycles. The SMILES string of the molecule is CCOC(=O)C(C)(CCCCB1OC(C)(C)C(C)(C)O1)N=C(c1ccccc1)c1ccccc1. The van der Waals surface area contributed by atoms with E-state index in [1.165, 1.54) is 0 Å². The number of nitrogens with zero attached hydrogens (tertiary/aromatic N) is 1. The molecule has 0 aliphatic carbocycles. The van der Waals surface area contributed by atoms with Gasteiger partial charge in [0.2, 0.25) is 0 Å². The van der Waals surface area contributed by atoms with Crippen molar-refractivity contribution in [1.82, 2.24) is 0 Å². The third-order valence-electron chi connectivity index (χ3n) is 6.82. The van der Waals surface area contributed by atoms with Gasteiger partial charge in [0.1, 0.15) is 0 Å². The van der Waals surface area contributed by atoms with Gasteiger partial charge in [0.25, 0.3) is 0 Å². The van der Waals surface area contributed by atoms with E-state index in [1.807, 2.05) is 74.5 Å². The fourth-order valence-electron chi connectivity index (χ4n) is 4.09. The Morgan fingerprint density at radius 3 is 1.88 bits per heavy atom. The lowest BCUT2D eigenvalue weighted by atomic mass is 9.81. The Bertz CT molecular complexity index is 917. The van der Waals surface area contributed by atoms with Crippen molar-refractivity contribution in [3.63, 3.8) is 0 Å². The van der Waals surface area contributed by atoms with Crippen LogP contribution in [0.15, 0.2) is 65.7 Å². The molecule has 1 atom stereocenters. The largest absolute Gasteiger partial charge is 0.464 e. The molecule has 6 heteroatoms. The highest BCUT2D eigenvalue weighted by atomic mass is 16.7. The van der Waals surface area contributed by atoms with Crippen LogP contribution < -0.4 is 0 Å². The molecule has 0 aromatic heterocycles. The Balaban J connectivity index is 1.79. The maximum absolute atomic E-state index is 13.1. The lowest BCUT2D eigenvalue weighted by Crippen LogP contribution is -2.41. The topological polar surface area (TPSA) is 57.1 Å². The monoisotopic (exact) mass is 463 g/mol. The first kappa shape index (κ1) is 26.2. The van der Waals surface area contributed by atoms with Gasteiger partial charge < -0.3 is 14.0 Å². The Labute approximate surface area is 205 Å². The highest BCUT2D eigenvalue weighted by Crippen LogP contribution is 2.38. The van der Waals surface area contributed by atoms with Crippen LogP contribution in [-0.2, 0) is 18.8 Å². The van der Waals surface area contributed by atoms with E-state index < -0.39 is 5.54 Å². The van der Waals surface area contributed by atoms with E-state index in [4.69, 9.17) is 19.0 Å². The average Bonchev–Trinajstić information content (AvgIpc) is 3.02. The van der Waals surface area contributed by atoms with Gasteiger partial charge in [-0.3, -0.25) is 4.99 Å². The van der Waals surface area contributed by atoms with E-state index in [9.17, 15) is 4.79 Å². The van der Waals surface area contributed by atoms with Crippen LogP contribution in [0.1, 0.15) is 71.9 Å². The Kier molecular flexibility index (Phi) is 8.37. The van der Waals surface area contributed by atoms with E-state index in [0.29, 0.717) is 13.0 Å². The summed E-state index contributed by atoms with van der Waals surface area (Å²) in [6, 6.07) is 20.0. The molecule has 182 valence electrons. The maximum Gasteiger partial charge on any atom is 0.457 e. The second-order valence-corrected chi connectivity index (χ2v) is 10.1. The van der Waals surface area contributed by atoms with Gasteiger partial charge in [0.15, 0.2) is 5.54 Å². The van der Waals surface area contributed by atoms with E-state index in [1.54, 1.807) is 0 Å². The first-order chi connectivity index (χ1) is 16.1. The molecule has 0 bridgehead atoms. The van der Waals surface area contributed by atoms with Gasteiger partial charge in [0.05, 0.1) is 23.5 Å². The standard InChI is InChI=1S/C28H38BNO4/c1-7-32-25(31)28(6,20-14-15-21-29-33-26(2,3)27(4,5)34-29)30-24(22-16-10-8-11-17-22)23-18-12-9-13-19-23/h8-13,16-19H,7,14-15,20-21H2,1-6H3.